The Kier molecular flexibility index (Phi) is 6.79. The third-order valence-corrected chi connectivity index (χ3v) is 5.61. The minimum absolute atomic E-state index is 0.127. The predicted molar refractivity (Wildman–Crippen MR) is 129 cm³/mol. The van der Waals surface area contributed by atoms with Crippen molar-refractivity contribution in [2.75, 3.05) is 24.2 Å². The molecule has 2 aromatic rings. The van der Waals surface area contributed by atoms with Gasteiger partial charge < -0.3 is 13.8 Å². The molecule has 1 heterocycles. The van der Waals surface area contributed by atoms with Crippen LogP contribution < -0.4 is 13.8 Å². The molecule has 1 aliphatic heterocycles. The van der Waals surface area contributed by atoms with Crippen molar-refractivity contribution in [3.63, 3.8) is 0 Å². The van der Waals surface area contributed by atoms with E-state index in [0.717, 1.165) is 30.6 Å². The molecule has 0 radical (unpaired) electrons. The third-order valence-electron chi connectivity index (χ3n) is 5.13. The largest absolute Gasteiger partial charge is 0.482 e. The summed E-state index contributed by atoms with van der Waals surface area (Å²) in [6.07, 6.45) is 7.75. The Morgan fingerprint density at radius 2 is 1.75 bits per heavy atom. The molecule has 2 aromatic carbocycles. The molecule has 0 saturated heterocycles. The van der Waals surface area contributed by atoms with Crippen LogP contribution in [0.3, 0.4) is 0 Å². The Labute approximate surface area is 190 Å². The molecule has 0 fully saturated rings. The highest BCUT2D eigenvalue weighted by molar-refractivity contribution is 7.86. The Balaban J connectivity index is 1.91. The summed E-state index contributed by atoms with van der Waals surface area (Å²) in [6.45, 7) is 9.80. The Bertz CT molecular complexity index is 1160. The van der Waals surface area contributed by atoms with Gasteiger partial charge in [-0.1, -0.05) is 18.2 Å². The number of anilines is 1. The first-order valence-corrected chi connectivity index (χ1v) is 12.4. The van der Waals surface area contributed by atoms with Crippen molar-refractivity contribution in [3.8, 4) is 11.5 Å². The Morgan fingerprint density at radius 3 is 2.34 bits per heavy atom. The van der Waals surface area contributed by atoms with Crippen LogP contribution in [0.1, 0.15) is 49.2 Å². The maximum absolute atomic E-state index is 13.0. The van der Waals surface area contributed by atoms with Crippen LogP contribution in [0.5, 0.6) is 11.5 Å². The highest BCUT2D eigenvalue weighted by Gasteiger charge is 2.28. The van der Waals surface area contributed by atoms with Crippen LogP contribution >= 0.6 is 0 Å². The summed E-state index contributed by atoms with van der Waals surface area (Å²) in [5.41, 5.74) is 2.17. The van der Waals surface area contributed by atoms with Crippen molar-refractivity contribution in [2.45, 2.75) is 33.3 Å². The van der Waals surface area contributed by atoms with Crippen LogP contribution in [0.2, 0.25) is 0 Å². The SMILES string of the molecule is CCN(CC)c1ccc(/C=C/C(=O)c2ccc(OS(C)(=O)=O)c3c2OC(C)(C)C=C3)cc1. The van der Waals surface area contributed by atoms with E-state index in [2.05, 4.69) is 18.7 Å². The number of allylic oxidation sites excluding steroid dienone is 1. The molecule has 0 saturated carbocycles. The predicted octanol–water partition coefficient (Wildman–Crippen LogP) is 4.95. The molecule has 32 heavy (non-hydrogen) atoms. The lowest BCUT2D eigenvalue weighted by Crippen LogP contribution is -2.28. The van der Waals surface area contributed by atoms with E-state index in [0.29, 0.717) is 16.9 Å². The maximum Gasteiger partial charge on any atom is 0.306 e. The van der Waals surface area contributed by atoms with Gasteiger partial charge >= 0.3 is 10.1 Å². The first-order valence-electron chi connectivity index (χ1n) is 10.5. The van der Waals surface area contributed by atoms with Crippen LogP contribution in [-0.2, 0) is 10.1 Å². The third kappa shape index (κ3) is 5.59. The molecule has 3 rings (SSSR count). The number of fused-ring (bicyclic) bond motifs is 1. The molecule has 7 heteroatoms. The fourth-order valence-corrected chi connectivity index (χ4v) is 3.98. The molecule has 0 atom stereocenters. The molecule has 0 spiro atoms. The molecule has 0 aromatic heterocycles. The second kappa shape index (κ2) is 9.20. The number of nitrogens with zero attached hydrogens (tertiary/aromatic N) is 1. The first-order chi connectivity index (χ1) is 15.0. The monoisotopic (exact) mass is 455 g/mol. The smallest absolute Gasteiger partial charge is 0.306 e. The van der Waals surface area contributed by atoms with Crippen LogP contribution in [0, 0.1) is 0 Å². The number of hydrogen-bond acceptors (Lipinski definition) is 6. The number of ether oxygens (including phenoxy) is 1. The van der Waals surface area contributed by atoms with Crippen LogP contribution in [0.15, 0.2) is 48.6 Å². The first kappa shape index (κ1) is 23.6. The van der Waals surface area contributed by atoms with E-state index in [-0.39, 0.29) is 11.5 Å². The number of carbonyl (C=O) groups excluding carboxylic acids is 1. The quantitative estimate of drug-likeness (QED) is 0.319. The van der Waals surface area contributed by atoms with Crippen LogP contribution in [0.25, 0.3) is 12.2 Å². The summed E-state index contributed by atoms with van der Waals surface area (Å²) in [5.74, 6) is 0.193. The minimum atomic E-state index is -3.72. The Morgan fingerprint density at radius 1 is 1.09 bits per heavy atom. The fourth-order valence-electron chi connectivity index (χ4n) is 3.51. The molecule has 6 nitrogen and oxygen atoms in total. The summed E-state index contributed by atoms with van der Waals surface area (Å²) < 4.78 is 34.4. The number of benzene rings is 2. The molecule has 170 valence electrons. The zero-order valence-corrected chi connectivity index (χ0v) is 19.9. The number of rotatable bonds is 8. The van der Waals surface area contributed by atoms with E-state index < -0.39 is 15.7 Å². The lowest BCUT2D eigenvalue weighted by molar-refractivity contribution is 0.103. The number of ketones is 1. The van der Waals surface area contributed by atoms with E-state index in [1.807, 2.05) is 38.1 Å². The van der Waals surface area contributed by atoms with Crippen LogP contribution in [0.4, 0.5) is 5.69 Å². The van der Waals surface area contributed by atoms with Gasteiger partial charge in [-0.25, -0.2) is 0 Å². The molecule has 1 aliphatic rings. The van der Waals surface area contributed by atoms with Crippen molar-refractivity contribution in [2.24, 2.45) is 0 Å². The van der Waals surface area contributed by atoms with Gasteiger partial charge in [0.2, 0.25) is 0 Å². The van der Waals surface area contributed by atoms with E-state index >= 15 is 0 Å². The number of carbonyl (C=O) groups is 1. The zero-order chi connectivity index (χ0) is 23.5. The minimum Gasteiger partial charge on any atom is -0.482 e. The molecule has 0 aliphatic carbocycles. The Hall–Kier alpha value is -3.06. The number of hydrogen-bond donors (Lipinski definition) is 0. The van der Waals surface area contributed by atoms with Gasteiger partial charge in [0.25, 0.3) is 0 Å². The average molecular weight is 456 g/mol. The topological polar surface area (TPSA) is 72.9 Å². The van der Waals surface area contributed by atoms with Gasteiger partial charge in [0.15, 0.2) is 11.5 Å². The second-order valence-corrected chi connectivity index (χ2v) is 9.72. The second-order valence-electron chi connectivity index (χ2n) is 8.14. The fraction of sp³-hybridized carbons (Fsp3) is 0.320. The molecule has 0 unspecified atom stereocenters. The lowest BCUT2D eigenvalue weighted by Gasteiger charge is -2.29. The summed E-state index contributed by atoms with van der Waals surface area (Å²) in [4.78, 5) is 15.3. The molecule has 0 N–H and O–H groups in total. The van der Waals surface area contributed by atoms with E-state index in [1.54, 1.807) is 18.2 Å². The summed E-state index contributed by atoms with van der Waals surface area (Å²) in [5, 5.41) is 0. The van der Waals surface area contributed by atoms with Gasteiger partial charge in [0, 0.05) is 18.8 Å². The summed E-state index contributed by atoms with van der Waals surface area (Å²) in [6, 6.07) is 11.0. The molecular formula is C25H29NO5S. The van der Waals surface area contributed by atoms with Gasteiger partial charge in [0.1, 0.15) is 11.4 Å². The van der Waals surface area contributed by atoms with Crippen molar-refractivity contribution < 1.29 is 22.1 Å². The van der Waals surface area contributed by atoms with Crippen molar-refractivity contribution >= 4 is 33.7 Å². The van der Waals surface area contributed by atoms with Gasteiger partial charge in [-0.05, 0) is 75.8 Å². The van der Waals surface area contributed by atoms with Gasteiger partial charge in [-0.2, -0.15) is 8.42 Å². The highest BCUT2D eigenvalue weighted by atomic mass is 32.2. The lowest BCUT2D eigenvalue weighted by atomic mass is 9.97. The zero-order valence-electron chi connectivity index (χ0n) is 19.1. The van der Waals surface area contributed by atoms with Crippen LogP contribution in [-0.4, -0.2) is 39.1 Å². The van der Waals surface area contributed by atoms with Gasteiger partial charge in [-0.15, -0.1) is 0 Å². The van der Waals surface area contributed by atoms with Crippen molar-refractivity contribution in [1.82, 2.24) is 0 Å². The highest BCUT2D eigenvalue weighted by Crippen LogP contribution is 2.40. The maximum atomic E-state index is 13.0. The molecule has 0 amide bonds. The summed E-state index contributed by atoms with van der Waals surface area (Å²) in [7, 11) is -3.72. The standard InChI is InChI=1S/C25H29NO5S/c1-6-26(7-2)19-11-8-18(9-12-19)10-14-22(27)20-13-15-23(31-32(5,28)29)21-16-17-25(3,4)30-24(20)21/h8-17H,6-7H2,1-5H3/b14-10+. The van der Waals surface area contributed by atoms with E-state index in [4.69, 9.17) is 8.92 Å². The van der Waals surface area contributed by atoms with Crippen molar-refractivity contribution in [3.05, 3.63) is 65.2 Å². The van der Waals surface area contributed by atoms with Gasteiger partial charge in [0.05, 0.1) is 17.4 Å². The normalized spacial score (nSPS) is 14.7. The van der Waals surface area contributed by atoms with E-state index in [1.165, 1.54) is 18.2 Å². The van der Waals surface area contributed by atoms with Crippen molar-refractivity contribution in [1.29, 1.82) is 0 Å². The molecular weight excluding hydrogens is 426 g/mol. The molecule has 0 bridgehead atoms. The summed E-state index contributed by atoms with van der Waals surface area (Å²) >= 11 is 0. The van der Waals surface area contributed by atoms with Gasteiger partial charge in [-0.3, -0.25) is 4.79 Å². The average Bonchev–Trinajstić information content (AvgIpc) is 2.72. The van der Waals surface area contributed by atoms with E-state index in [9.17, 15) is 13.2 Å².